The number of benzene rings is 1. The number of nitrogens with one attached hydrogen (secondary N) is 1. The Morgan fingerprint density at radius 1 is 1.18 bits per heavy atom. The van der Waals surface area contributed by atoms with Crippen molar-refractivity contribution in [2.45, 2.75) is 50.6 Å². The molecule has 10 heteroatoms. The standard InChI is InChI=1S/C23H23BrClFN6O/c24-18-11-31(10-14-1-3-17(26)4-2-14)29-19(18)28-20(33)22-6-15-5-16(7-22)9-23(8-15,12-22)32-13-27-21(25)30-32/h1-4,11,13,15-16H,5-10,12H2,(H,28,29,33). The maximum absolute atomic E-state index is 13.7. The van der Waals surface area contributed by atoms with Gasteiger partial charge in [-0.05, 0) is 95.6 Å². The highest BCUT2D eigenvalue weighted by atomic mass is 79.9. The van der Waals surface area contributed by atoms with Crippen LogP contribution in [0.2, 0.25) is 5.28 Å². The second kappa shape index (κ2) is 7.63. The van der Waals surface area contributed by atoms with E-state index in [9.17, 15) is 9.18 Å². The summed E-state index contributed by atoms with van der Waals surface area (Å²) < 4.78 is 17.6. The van der Waals surface area contributed by atoms with Gasteiger partial charge in [0.15, 0.2) is 5.82 Å². The molecule has 1 amide bonds. The third-order valence-corrected chi connectivity index (χ3v) is 8.42. The first-order valence-corrected chi connectivity index (χ1v) is 12.4. The number of hydrogen-bond acceptors (Lipinski definition) is 4. The highest BCUT2D eigenvalue weighted by molar-refractivity contribution is 9.10. The largest absolute Gasteiger partial charge is 0.308 e. The summed E-state index contributed by atoms with van der Waals surface area (Å²) in [6, 6.07) is 6.33. The van der Waals surface area contributed by atoms with Crippen molar-refractivity contribution in [1.82, 2.24) is 24.5 Å². The Hall–Kier alpha value is -2.26. The number of amides is 1. The molecule has 1 aromatic carbocycles. The molecule has 7 rings (SSSR count). The first kappa shape index (κ1) is 21.3. The van der Waals surface area contributed by atoms with E-state index in [4.69, 9.17) is 11.6 Å². The molecule has 3 aromatic rings. The maximum atomic E-state index is 13.7. The normalized spacial score (nSPS) is 30.0. The number of carbonyl (C=O) groups excluding carboxylic acids is 1. The van der Waals surface area contributed by atoms with Crippen LogP contribution in [-0.4, -0.2) is 30.5 Å². The van der Waals surface area contributed by atoms with E-state index in [1.54, 1.807) is 23.1 Å². The summed E-state index contributed by atoms with van der Waals surface area (Å²) in [4.78, 5) is 17.8. The number of anilines is 1. The van der Waals surface area contributed by atoms with Crippen LogP contribution in [0.4, 0.5) is 10.2 Å². The molecule has 4 aliphatic carbocycles. The first-order chi connectivity index (χ1) is 15.8. The maximum Gasteiger partial charge on any atom is 0.242 e. The van der Waals surface area contributed by atoms with Gasteiger partial charge in [-0.2, -0.15) is 5.10 Å². The van der Waals surface area contributed by atoms with Crippen molar-refractivity contribution in [3.63, 3.8) is 0 Å². The summed E-state index contributed by atoms with van der Waals surface area (Å²) in [5, 5.41) is 12.4. The number of rotatable bonds is 5. The third-order valence-electron chi connectivity index (χ3n) is 7.67. The summed E-state index contributed by atoms with van der Waals surface area (Å²) >= 11 is 9.57. The number of aromatic nitrogens is 5. The van der Waals surface area contributed by atoms with Gasteiger partial charge in [-0.25, -0.2) is 14.1 Å². The van der Waals surface area contributed by atoms with Crippen molar-refractivity contribution in [3.05, 3.63) is 57.9 Å². The van der Waals surface area contributed by atoms with Crippen LogP contribution in [0.5, 0.6) is 0 Å². The van der Waals surface area contributed by atoms with Gasteiger partial charge in [0.25, 0.3) is 0 Å². The third kappa shape index (κ3) is 3.69. The van der Waals surface area contributed by atoms with Crippen LogP contribution in [0.15, 0.2) is 41.3 Å². The molecule has 2 aromatic heterocycles. The van der Waals surface area contributed by atoms with Crippen molar-refractivity contribution in [2.24, 2.45) is 17.3 Å². The Balaban J connectivity index is 1.24. The molecule has 2 atom stereocenters. The predicted molar refractivity (Wildman–Crippen MR) is 124 cm³/mol. The number of halogens is 3. The van der Waals surface area contributed by atoms with Gasteiger partial charge >= 0.3 is 0 Å². The molecule has 4 fully saturated rings. The van der Waals surface area contributed by atoms with Gasteiger partial charge in [0, 0.05) is 6.20 Å². The van der Waals surface area contributed by atoms with E-state index in [2.05, 4.69) is 36.4 Å². The average molecular weight is 534 g/mol. The smallest absolute Gasteiger partial charge is 0.242 e. The topological polar surface area (TPSA) is 77.6 Å². The van der Waals surface area contributed by atoms with Crippen molar-refractivity contribution < 1.29 is 9.18 Å². The Morgan fingerprint density at radius 2 is 1.91 bits per heavy atom. The van der Waals surface area contributed by atoms with E-state index >= 15 is 0 Å². The lowest BCUT2D eigenvalue weighted by Gasteiger charge is -2.60. The first-order valence-electron chi connectivity index (χ1n) is 11.2. The SMILES string of the molecule is O=C(Nc1nn(Cc2ccc(F)cc2)cc1Br)C12CC3CC(C1)CC(n1cnc(Cl)n1)(C3)C2. The van der Waals surface area contributed by atoms with Crippen molar-refractivity contribution in [2.75, 3.05) is 5.32 Å². The molecule has 0 aliphatic heterocycles. The van der Waals surface area contributed by atoms with Crippen LogP contribution in [-0.2, 0) is 16.9 Å². The van der Waals surface area contributed by atoms with E-state index in [1.807, 2.05) is 10.9 Å². The zero-order valence-corrected chi connectivity index (χ0v) is 20.2. The van der Waals surface area contributed by atoms with E-state index in [-0.39, 0.29) is 22.5 Å². The molecule has 4 aliphatic rings. The highest BCUT2D eigenvalue weighted by Gasteiger charge is 2.61. The summed E-state index contributed by atoms with van der Waals surface area (Å²) in [6.45, 7) is 0.486. The molecular formula is C23H23BrClFN6O. The Bertz CT molecular complexity index is 1210. The fourth-order valence-electron chi connectivity index (χ4n) is 6.80. The van der Waals surface area contributed by atoms with E-state index in [1.165, 1.54) is 18.6 Å². The fraction of sp³-hybridized carbons (Fsp3) is 0.478. The molecule has 7 nitrogen and oxygen atoms in total. The van der Waals surface area contributed by atoms with Crippen LogP contribution >= 0.6 is 27.5 Å². The second-order valence-corrected chi connectivity index (χ2v) is 11.2. The van der Waals surface area contributed by atoms with Gasteiger partial charge < -0.3 is 5.32 Å². The molecule has 172 valence electrons. The summed E-state index contributed by atoms with van der Waals surface area (Å²) in [5.41, 5.74) is 0.294. The van der Waals surface area contributed by atoms with E-state index in [0.29, 0.717) is 24.2 Å². The van der Waals surface area contributed by atoms with Crippen LogP contribution in [0.3, 0.4) is 0 Å². The molecular weight excluding hydrogens is 511 g/mol. The van der Waals surface area contributed by atoms with Crippen LogP contribution in [0.25, 0.3) is 0 Å². The Labute approximate surface area is 203 Å². The molecule has 0 spiro atoms. The average Bonchev–Trinajstić information content (AvgIpc) is 3.35. The molecule has 4 bridgehead atoms. The highest BCUT2D eigenvalue weighted by Crippen LogP contribution is 2.64. The number of nitrogens with zero attached hydrogens (tertiary/aromatic N) is 5. The molecule has 0 saturated heterocycles. The Morgan fingerprint density at radius 3 is 2.58 bits per heavy atom. The second-order valence-electron chi connectivity index (χ2n) is 10.0. The minimum absolute atomic E-state index is 0.0277. The zero-order chi connectivity index (χ0) is 22.8. The lowest BCUT2D eigenvalue weighted by Crippen LogP contribution is -2.60. The lowest BCUT2D eigenvalue weighted by molar-refractivity contribution is -0.150. The van der Waals surface area contributed by atoms with Crippen molar-refractivity contribution >= 4 is 39.3 Å². The van der Waals surface area contributed by atoms with Crippen molar-refractivity contribution in [3.8, 4) is 0 Å². The number of hydrogen-bond donors (Lipinski definition) is 1. The molecule has 4 saturated carbocycles. The molecule has 33 heavy (non-hydrogen) atoms. The van der Waals surface area contributed by atoms with Crippen LogP contribution in [0.1, 0.15) is 44.1 Å². The van der Waals surface area contributed by atoms with Gasteiger partial charge in [0.2, 0.25) is 11.2 Å². The monoisotopic (exact) mass is 532 g/mol. The van der Waals surface area contributed by atoms with Gasteiger partial charge in [-0.15, -0.1) is 5.10 Å². The van der Waals surface area contributed by atoms with E-state index in [0.717, 1.165) is 42.1 Å². The van der Waals surface area contributed by atoms with Gasteiger partial charge in [-0.1, -0.05) is 12.1 Å². The van der Waals surface area contributed by atoms with Gasteiger partial charge in [0.1, 0.15) is 12.1 Å². The Kier molecular flexibility index (Phi) is 4.92. The van der Waals surface area contributed by atoms with Crippen LogP contribution in [0, 0.1) is 23.1 Å². The van der Waals surface area contributed by atoms with Crippen LogP contribution < -0.4 is 5.32 Å². The lowest BCUT2D eigenvalue weighted by atomic mass is 9.46. The van der Waals surface area contributed by atoms with Crippen molar-refractivity contribution in [1.29, 1.82) is 0 Å². The summed E-state index contributed by atoms with van der Waals surface area (Å²) in [7, 11) is 0. The molecule has 0 radical (unpaired) electrons. The molecule has 2 unspecified atom stereocenters. The van der Waals surface area contributed by atoms with Gasteiger partial charge in [-0.3, -0.25) is 9.48 Å². The predicted octanol–water partition coefficient (Wildman–Crippen LogP) is 5.01. The van der Waals surface area contributed by atoms with E-state index < -0.39 is 5.41 Å². The quantitative estimate of drug-likeness (QED) is 0.500. The molecule has 1 N–H and O–H groups in total. The number of carbonyl (C=O) groups is 1. The minimum atomic E-state index is -0.442. The summed E-state index contributed by atoms with van der Waals surface area (Å²) in [5.74, 6) is 1.27. The molecule has 2 heterocycles. The van der Waals surface area contributed by atoms with Gasteiger partial charge in [0.05, 0.1) is 22.0 Å². The fourth-order valence-corrected chi connectivity index (χ4v) is 7.34. The minimum Gasteiger partial charge on any atom is -0.308 e. The zero-order valence-electron chi connectivity index (χ0n) is 17.8. The summed E-state index contributed by atoms with van der Waals surface area (Å²) in [6.07, 6.45) is 9.30.